The van der Waals surface area contributed by atoms with E-state index < -0.39 is 0 Å². The summed E-state index contributed by atoms with van der Waals surface area (Å²) in [6.45, 7) is 1.27. The minimum absolute atomic E-state index is 0.633. The average molecular weight is 194 g/mol. The van der Waals surface area contributed by atoms with E-state index in [1.54, 1.807) is 0 Å². The molecule has 0 bridgehead atoms. The van der Waals surface area contributed by atoms with Gasteiger partial charge in [0.1, 0.15) is 13.2 Å². The van der Waals surface area contributed by atoms with Crippen LogP contribution >= 0.6 is 10.9 Å². The summed E-state index contributed by atoms with van der Waals surface area (Å²) in [5.74, 6) is 5.34. The highest BCUT2D eigenvalue weighted by Crippen LogP contribution is 2.30. The molecule has 68 valence electrons. The van der Waals surface area contributed by atoms with Crippen molar-refractivity contribution in [1.82, 2.24) is 0 Å². The van der Waals surface area contributed by atoms with E-state index in [4.69, 9.17) is 9.47 Å². The molecule has 3 heteroatoms. The molecule has 0 aliphatic carbocycles. The van der Waals surface area contributed by atoms with Crippen LogP contribution in [0.5, 0.6) is 11.5 Å². The van der Waals surface area contributed by atoms with Crippen LogP contribution in [0.2, 0.25) is 0 Å². The van der Waals surface area contributed by atoms with Gasteiger partial charge in [0.2, 0.25) is 0 Å². The predicted octanol–water partition coefficient (Wildman–Crippen LogP) is 1.77. The molecule has 0 spiro atoms. The van der Waals surface area contributed by atoms with Crippen molar-refractivity contribution in [2.24, 2.45) is 0 Å². The maximum absolute atomic E-state index is 5.44. The third-order valence-corrected chi connectivity index (χ3v) is 2.22. The van der Waals surface area contributed by atoms with E-state index in [2.05, 4.69) is 5.87 Å². The summed E-state index contributed by atoms with van der Waals surface area (Å²) in [6.07, 6.45) is 0. The second-order valence-electron chi connectivity index (χ2n) is 2.69. The largest absolute Gasteiger partial charge is 0.486 e. The van der Waals surface area contributed by atoms with Crippen LogP contribution < -0.4 is 9.47 Å². The third-order valence-electron chi connectivity index (χ3n) is 1.79. The molecule has 1 aliphatic rings. The Kier molecular flexibility index (Phi) is 2.36. The molecule has 0 amide bonds. The molecule has 0 radical (unpaired) electrons. The van der Waals surface area contributed by atoms with Crippen molar-refractivity contribution in [3.63, 3.8) is 0 Å². The lowest BCUT2D eigenvalue weighted by Gasteiger charge is -2.18. The van der Waals surface area contributed by atoms with E-state index >= 15 is 0 Å². The smallest absolute Gasteiger partial charge is 0.161 e. The van der Waals surface area contributed by atoms with Gasteiger partial charge in [0, 0.05) is 0 Å². The van der Waals surface area contributed by atoms with Crippen LogP contribution in [0, 0.1) is 0 Å². The zero-order valence-corrected chi connectivity index (χ0v) is 7.97. The number of ether oxygens (including phenoxy) is 2. The highest BCUT2D eigenvalue weighted by molar-refractivity contribution is 7.95. The minimum Gasteiger partial charge on any atom is -0.486 e. The van der Waals surface area contributed by atoms with Gasteiger partial charge < -0.3 is 9.47 Å². The zero-order chi connectivity index (χ0) is 9.10. The molecule has 1 aromatic carbocycles. The molecule has 1 aromatic rings. The number of fused-ring (bicyclic) bond motifs is 1. The molecule has 0 fully saturated rings. The van der Waals surface area contributed by atoms with Gasteiger partial charge in [-0.05, 0) is 28.9 Å². The summed E-state index contributed by atoms with van der Waals surface area (Å²) < 4.78 is 10.8. The topological polar surface area (TPSA) is 18.5 Å². The summed E-state index contributed by atoms with van der Waals surface area (Å²) in [5.41, 5.74) is 1.10. The van der Waals surface area contributed by atoms with E-state index in [-0.39, 0.29) is 0 Å². The number of hydrogen-bond donors (Lipinski definition) is 0. The molecule has 0 unspecified atom stereocenters. The van der Waals surface area contributed by atoms with E-state index in [1.165, 1.54) is 10.9 Å². The predicted molar refractivity (Wildman–Crippen MR) is 57.3 cm³/mol. The van der Waals surface area contributed by atoms with Crippen LogP contribution in [-0.2, 0) is 0 Å². The highest BCUT2D eigenvalue weighted by Gasteiger charge is 2.10. The third kappa shape index (κ3) is 1.75. The minimum atomic E-state index is 0.633. The lowest BCUT2D eigenvalue weighted by atomic mass is 10.2. The monoisotopic (exact) mass is 194 g/mol. The van der Waals surface area contributed by atoms with Gasteiger partial charge in [0.15, 0.2) is 11.5 Å². The number of benzene rings is 1. The highest BCUT2D eigenvalue weighted by atomic mass is 32.1. The summed E-state index contributed by atoms with van der Waals surface area (Å²) in [7, 11) is 1.43. The van der Waals surface area contributed by atoms with Crippen molar-refractivity contribution < 1.29 is 9.47 Å². The molecule has 1 aliphatic heterocycles. The summed E-state index contributed by atoms with van der Waals surface area (Å²) in [4.78, 5) is 0. The Labute approximate surface area is 80.6 Å². The normalized spacial score (nSPS) is 13.5. The molecule has 0 N–H and O–H groups in total. The Balaban J connectivity index is 2.40. The lowest BCUT2D eigenvalue weighted by molar-refractivity contribution is 0.171. The van der Waals surface area contributed by atoms with Gasteiger partial charge >= 0.3 is 0 Å². The Morgan fingerprint density at radius 3 is 2.77 bits per heavy atom. The number of hydrogen-bond acceptors (Lipinski definition) is 2. The molecule has 2 nitrogen and oxygen atoms in total. The summed E-state index contributed by atoms with van der Waals surface area (Å²) in [5, 5.41) is 1.97. The Bertz CT molecular complexity index is 367. The SMILES string of the molecule is C=S=Cc1ccc2c(c1)OCCO2. The van der Waals surface area contributed by atoms with Crippen molar-refractivity contribution >= 4 is 22.2 Å². The van der Waals surface area contributed by atoms with E-state index in [1.807, 2.05) is 23.6 Å². The number of rotatable bonds is 1. The van der Waals surface area contributed by atoms with Gasteiger partial charge in [0.05, 0.1) is 0 Å². The van der Waals surface area contributed by atoms with Crippen LogP contribution in [-0.4, -0.2) is 24.5 Å². The molecule has 1 heterocycles. The summed E-state index contributed by atoms with van der Waals surface area (Å²) >= 11 is 0. The first-order valence-electron chi connectivity index (χ1n) is 4.04. The van der Waals surface area contributed by atoms with Gasteiger partial charge in [-0.25, -0.2) is 0 Å². The second-order valence-corrected chi connectivity index (χ2v) is 3.26. The van der Waals surface area contributed by atoms with Crippen LogP contribution in [0.1, 0.15) is 5.56 Å². The lowest BCUT2D eigenvalue weighted by Crippen LogP contribution is -2.15. The first-order valence-corrected chi connectivity index (χ1v) is 5.09. The first kappa shape index (κ1) is 8.38. The van der Waals surface area contributed by atoms with Crippen molar-refractivity contribution in [1.29, 1.82) is 0 Å². The average Bonchev–Trinajstić information content (AvgIpc) is 2.18. The molecule has 13 heavy (non-hydrogen) atoms. The van der Waals surface area contributed by atoms with Gasteiger partial charge in [-0.2, -0.15) is 10.9 Å². The van der Waals surface area contributed by atoms with E-state index in [9.17, 15) is 0 Å². The van der Waals surface area contributed by atoms with Crippen molar-refractivity contribution in [2.45, 2.75) is 0 Å². The molecule has 0 saturated carbocycles. The van der Waals surface area contributed by atoms with Crippen molar-refractivity contribution in [3.8, 4) is 11.5 Å². The molecule has 0 aromatic heterocycles. The molecule has 2 rings (SSSR count). The first-order chi connectivity index (χ1) is 6.40. The zero-order valence-electron chi connectivity index (χ0n) is 7.16. The van der Waals surface area contributed by atoms with E-state index in [0.29, 0.717) is 13.2 Å². The van der Waals surface area contributed by atoms with Gasteiger partial charge in [-0.3, -0.25) is 0 Å². The molecular weight excluding hydrogens is 184 g/mol. The maximum atomic E-state index is 5.44. The molecular formula is C10H10O2S. The van der Waals surface area contributed by atoms with Gasteiger partial charge in [-0.15, -0.1) is 0 Å². The fourth-order valence-corrected chi connectivity index (χ4v) is 1.57. The van der Waals surface area contributed by atoms with Crippen molar-refractivity contribution in [3.05, 3.63) is 23.8 Å². The van der Waals surface area contributed by atoms with Crippen LogP contribution in [0.4, 0.5) is 0 Å². The quantitative estimate of drug-likeness (QED) is 0.634. The summed E-state index contributed by atoms with van der Waals surface area (Å²) in [6, 6.07) is 5.88. The molecule has 0 saturated heterocycles. The van der Waals surface area contributed by atoms with Crippen molar-refractivity contribution in [2.75, 3.05) is 13.2 Å². The van der Waals surface area contributed by atoms with Crippen LogP contribution in [0.15, 0.2) is 18.2 Å². The fraction of sp³-hybridized carbons (Fsp3) is 0.200. The van der Waals surface area contributed by atoms with E-state index in [0.717, 1.165) is 17.1 Å². The Hall–Kier alpha value is -1.22. The Morgan fingerprint density at radius 1 is 1.23 bits per heavy atom. The maximum Gasteiger partial charge on any atom is 0.161 e. The standard InChI is InChI=1S/C10H10O2S/c1-13-7-8-2-3-9-10(6-8)12-5-4-11-9/h2-3,6-7H,1,4-5H2. The van der Waals surface area contributed by atoms with Crippen LogP contribution in [0.25, 0.3) is 0 Å². The van der Waals surface area contributed by atoms with Crippen LogP contribution in [0.3, 0.4) is 0 Å². The molecule has 0 atom stereocenters. The second kappa shape index (κ2) is 3.66. The fourth-order valence-electron chi connectivity index (χ4n) is 1.23. The Morgan fingerprint density at radius 2 is 2.00 bits per heavy atom. The van der Waals surface area contributed by atoms with Gasteiger partial charge in [-0.1, -0.05) is 6.07 Å². The van der Waals surface area contributed by atoms with Gasteiger partial charge in [0.25, 0.3) is 0 Å².